The topological polar surface area (TPSA) is 68.0 Å². The van der Waals surface area contributed by atoms with Crippen LogP contribution in [-0.2, 0) is 17.8 Å². The summed E-state index contributed by atoms with van der Waals surface area (Å²) < 4.78 is 5.54. The first-order valence-electron chi connectivity index (χ1n) is 7.30. The third-order valence-corrected chi connectivity index (χ3v) is 4.16. The molecule has 0 aromatic carbocycles. The lowest BCUT2D eigenvalue weighted by molar-refractivity contribution is -0.120. The van der Waals surface area contributed by atoms with Crippen LogP contribution in [-0.4, -0.2) is 15.9 Å². The molecule has 0 saturated carbocycles. The van der Waals surface area contributed by atoms with Crippen molar-refractivity contribution in [3.8, 4) is 10.8 Å². The van der Waals surface area contributed by atoms with Gasteiger partial charge in [-0.05, 0) is 38.1 Å². The number of nitrogens with one attached hydrogen (secondary N) is 1. The molecule has 0 spiro atoms. The molecular formula is C17H17N3O2S. The van der Waals surface area contributed by atoms with Crippen molar-refractivity contribution in [2.45, 2.75) is 26.8 Å². The van der Waals surface area contributed by atoms with Crippen LogP contribution in [0.4, 0.5) is 0 Å². The van der Waals surface area contributed by atoms with Crippen molar-refractivity contribution < 1.29 is 9.21 Å². The molecule has 1 amide bonds. The van der Waals surface area contributed by atoms with Crippen molar-refractivity contribution in [3.63, 3.8) is 0 Å². The summed E-state index contributed by atoms with van der Waals surface area (Å²) in [4.78, 5) is 20.8. The van der Waals surface area contributed by atoms with E-state index in [1.54, 1.807) is 0 Å². The lowest BCUT2D eigenvalue weighted by atomic mass is 10.3. The third kappa shape index (κ3) is 4.04. The van der Waals surface area contributed by atoms with Gasteiger partial charge in [0.05, 0.1) is 24.4 Å². The maximum absolute atomic E-state index is 12.0. The number of aromatic nitrogens is 2. The van der Waals surface area contributed by atoms with E-state index < -0.39 is 0 Å². The molecule has 0 fully saturated rings. The highest BCUT2D eigenvalue weighted by Crippen LogP contribution is 2.25. The van der Waals surface area contributed by atoms with Crippen molar-refractivity contribution >= 4 is 17.2 Å². The molecule has 0 bridgehead atoms. The second-order valence-corrected chi connectivity index (χ2v) is 6.14. The van der Waals surface area contributed by atoms with Crippen molar-refractivity contribution in [1.29, 1.82) is 0 Å². The first-order chi connectivity index (χ1) is 11.1. The summed E-state index contributed by atoms with van der Waals surface area (Å²) >= 11 is 1.48. The minimum atomic E-state index is -0.0687. The van der Waals surface area contributed by atoms with E-state index in [4.69, 9.17) is 4.42 Å². The van der Waals surface area contributed by atoms with Gasteiger partial charge in [0.15, 0.2) is 10.8 Å². The molecule has 0 saturated heterocycles. The number of nitrogens with zero attached hydrogens (tertiary/aromatic N) is 2. The number of pyridine rings is 1. The lowest BCUT2D eigenvalue weighted by Gasteiger charge is -2.04. The summed E-state index contributed by atoms with van der Waals surface area (Å²) in [7, 11) is 0. The molecule has 5 nitrogen and oxygen atoms in total. The summed E-state index contributed by atoms with van der Waals surface area (Å²) in [5.41, 5.74) is 2.53. The molecule has 3 aromatic rings. The highest BCUT2D eigenvalue weighted by Gasteiger charge is 2.11. The Hall–Kier alpha value is -2.47. The quantitative estimate of drug-likeness (QED) is 0.781. The fourth-order valence-electron chi connectivity index (χ4n) is 2.16. The van der Waals surface area contributed by atoms with Crippen LogP contribution in [0.3, 0.4) is 0 Å². The Kier molecular flexibility index (Phi) is 4.52. The molecule has 3 heterocycles. The van der Waals surface area contributed by atoms with Crippen molar-refractivity contribution in [3.05, 3.63) is 58.6 Å². The number of hydrogen-bond acceptors (Lipinski definition) is 5. The second kappa shape index (κ2) is 6.75. The van der Waals surface area contributed by atoms with Crippen LogP contribution < -0.4 is 5.32 Å². The summed E-state index contributed by atoms with van der Waals surface area (Å²) in [6.07, 6.45) is 0.252. The molecule has 0 aliphatic rings. The molecule has 0 aliphatic heterocycles. The first kappa shape index (κ1) is 15.4. The fraction of sp³-hybridized carbons (Fsp3) is 0.235. The van der Waals surface area contributed by atoms with Crippen LogP contribution in [0, 0.1) is 13.8 Å². The van der Waals surface area contributed by atoms with Crippen LogP contribution in [0.5, 0.6) is 0 Å². The Bertz CT molecular complexity index is 823. The fourth-order valence-corrected chi connectivity index (χ4v) is 2.94. The number of aryl methyl sites for hydroxylation is 2. The SMILES string of the molecule is Cc1cccc(CNC(=O)Cc2csc(-c3ccc(C)o3)n2)n1. The maximum atomic E-state index is 12.0. The molecule has 6 heteroatoms. The molecular weight excluding hydrogens is 310 g/mol. The van der Waals surface area contributed by atoms with E-state index in [1.807, 2.05) is 49.6 Å². The van der Waals surface area contributed by atoms with E-state index in [2.05, 4.69) is 15.3 Å². The van der Waals surface area contributed by atoms with Crippen molar-refractivity contribution in [1.82, 2.24) is 15.3 Å². The molecule has 0 aliphatic carbocycles. The van der Waals surface area contributed by atoms with Gasteiger partial charge in [-0.15, -0.1) is 11.3 Å². The van der Waals surface area contributed by atoms with Gasteiger partial charge >= 0.3 is 0 Å². The van der Waals surface area contributed by atoms with Crippen LogP contribution in [0.1, 0.15) is 22.8 Å². The van der Waals surface area contributed by atoms with Gasteiger partial charge < -0.3 is 9.73 Å². The number of thiazole rings is 1. The predicted octanol–water partition coefficient (Wildman–Crippen LogP) is 3.27. The average Bonchev–Trinajstić information content (AvgIpc) is 3.14. The zero-order chi connectivity index (χ0) is 16.2. The summed E-state index contributed by atoms with van der Waals surface area (Å²) in [6.45, 7) is 4.25. The van der Waals surface area contributed by atoms with Crippen LogP contribution in [0.15, 0.2) is 40.1 Å². The van der Waals surface area contributed by atoms with Crippen molar-refractivity contribution in [2.75, 3.05) is 0 Å². The van der Waals surface area contributed by atoms with Gasteiger partial charge in [-0.2, -0.15) is 0 Å². The average molecular weight is 327 g/mol. The largest absolute Gasteiger partial charge is 0.459 e. The Morgan fingerprint density at radius 1 is 1.17 bits per heavy atom. The minimum absolute atomic E-state index is 0.0687. The number of rotatable bonds is 5. The number of amides is 1. The first-order valence-corrected chi connectivity index (χ1v) is 8.18. The minimum Gasteiger partial charge on any atom is -0.459 e. The number of carbonyl (C=O) groups excluding carboxylic acids is 1. The molecule has 0 atom stereocenters. The standard InChI is InChI=1S/C17H17N3O2S/c1-11-4-3-5-13(19-11)9-18-16(21)8-14-10-23-17(20-14)15-7-6-12(2)22-15/h3-7,10H,8-9H2,1-2H3,(H,18,21). The maximum Gasteiger partial charge on any atom is 0.226 e. The highest BCUT2D eigenvalue weighted by atomic mass is 32.1. The highest BCUT2D eigenvalue weighted by molar-refractivity contribution is 7.13. The van der Waals surface area contributed by atoms with Crippen LogP contribution >= 0.6 is 11.3 Å². The second-order valence-electron chi connectivity index (χ2n) is 5.28. The molecule has 0 unspecified atom stereocenters. The molecule has 3 rings (SSSR count). The van der Waals surface area contributed by atoms with E-state index in [-0.39, 0.29) is 12.3 Å². The van der Waals surface area contributed by atoms with Crippen LogP contribution in [0.2, 0.25) is 0 Å². The van der Waals surface area contributed by atoms with Gasteiger partial charge in [0.1, 0.15) is 5.76 Å². The molecule has 3 aromatic heterocycles. The number of hydrogen-bond donors (Lipinski definition) is 1. The molecule has 23 heavy (non-hydrogen) atoms. The number of furan rings is 1. The summed E-state index contributed by atoms with van der Waals surface area (Å²) in [6, 6.07) is 9.55. The third-order valence-electron chi connectivity index (χ3n) is 3.26. The van der Waals surface area contributed by atoms with Crippen LogP contribution in [0.25, 0.3) is 10.8 Å². The predicted molar refractivity (Wildman–Crippen MR) is 89.1 cm³/mol. The van der Waals surface area contributed by atoms with Gasteiger partial charge in [0, 0.05) is 11.1 Å². The van der Waals surface area contributed by atoms with Gasteiger partial charge in [0.25, 0.3) is 0 Å². The molecule has 1 N–H and O–H groups in total. The zero-order valence-corrected chi connectivity index (χ0v) is 13.8. The lowest BCUT2D eigenvalue weighted by Crippen LogP contribution is -2.25. The van der Waals surface area contributed by atoms with Gasteiger partial charge in [-0.1, -0.05) is 6.07 Å². The smallest absolute Gasteiger partial charge is 0.226 e. The van der Waals surface area contributed by atoms with E-state index in [1.165, 1.54) is 11.3 Å². The van der Waals surface area contributed by atoms with E-state index in [9.17, 15) is 4.79 Å². The Morgan fingerprint density at radius 3 is 2.78 bits per heavy atom. The summed E-state index contributed by atoms with van der Waals surface area (Å²) in [5.74, 6) is 1.52. The Morgan fingerprint density at radius 2 is 2.04 bits per heavy atom. The summed E-state index contributed by atoms with van der Waals surface area (Å²) in [5, 5.41) is 5.55. The van der Waals surface area contributed by atoms with E-state index in [0.29, 0.717) is 6.54 Å². The molecule has 0 radical (unpaired) electrons. The monoisotopic (exact) mass is 327 g/mol. The van der Waals surface area contributed by atoms with Gasteiger partial charge in [-0.3, -0.25) is 9.78 Å². The number of carbonyl (C=O) groups is 1. The van der Waals surface area contributed by atoms with E-state index in [0.717, 1.165) is 33.6 Å². The zero-order valence-electron chi connectivity index (χ0n) is 13.0. The Labute approximate surface area is 138 Å². The van der Waals surface area contributed by atoms with Gasteiger partial charge in [-0.25, -0.2) is 4.98 Å². The van der Waals surface area contributed by atoms with Crippen molar-refractivity contribution in [2.24, 2.45) is 0 Å². The normalized spacial score (nSPS) is 10.7. The Balaban J connectivity index is 1.57. The van der Waals surface area contributed by atoms with Gasteiger partial charge in [0.2, 0.25) is 5.91 Å². The molecule has 118 valence electrons. The van der Waals surface area contributed by atoms with E-state index >= 15 is 0 Å².